The molecular formula is C11H14ClN3O2. The zero-order valence-corrected chi connectivity index (χ0v) is 10.7. The van der Waals surface area contributed by atoms with E-state index in [1.54, 1.807) is 11.0 Å². The molecule has 0 bridgehead atoms. The monoisotopic (exact) mass is 255 g/mol. The van der Waals surface area contributed by atoms with Crippen LogP contribution in [-0.4, -0.2) is 28.7 Å². The number of nitrogens with zero attached hydrogens (tertiary/aromatic N) is 3. The number of hydrogen-bond acceptors (Lipinski definition) is 4. The van der Waals surface area contributed by atoms with Crippen LogP contribution in [0.4, 0.5) is 10.6 Å². The molecule has 0 aromatic carbocycles. The number of aryl methyl sites for hydroxylation is 1. The second kappa shape index (κ2) is 4.49. The maximum atomic E-state index is 11.7. The van der Waals surface area contributed by atoms with E-state index in [2.05, 4.69) is 9.97 Å². The molecule has 1 atom stereocenters. The lowest BCUT2D eigenvalue weighted by Gasteiger charge is -2.23. The number of amides is 1. The fraction of sp³-hybridized carbons (Fsp3) is 0.545. The predicted octanol–water partition coefficient (Wildman–Crippen LogP) is 2.42. The van der Waals surface area contributed by atoms with Crippen LogP contribution in [-0.2, 0) is 4.74 Å². The Bertz CT molecular complexity index is 430. The van der Waals surface area contributed by atoms with E-state index in [0.717, 1.165) is 5.69 Å². The first kappa shape index (κ1) is 12.1. The maximum absolute atomic E-state index is 11.7. The molecule has 1 aliphatic rings. The Morgan fingerprint density at radius 2 is 2.24 bits per heavy atom. The van der Waals surface area contributed by atoms with Gasteiger partial charge in [-0.15, -0.1) is 0 Å². The van der Waals surface area contributed by atoms with Gasteiger partial charge in [-0.05, 0) is 24.4 Å². The Morgan fingerprint density at radius 3 is 2.82 bits per heavy atom. The molecule has 1 amide bonds. The van der Waals surface area contributed by atoms with Crippen LogP contribution in [0.25, 0.3) is 0 Å². The molecule has 6 heteroatoms. The van der Waals surface area contributed by atoms with Crippen LogP contribution in [0.3, 0.4) is 0 Å². The first-order chi connectivity index (χ1) is 7.99. The lowest BCUT2D eigenvalue weighted by atomic mass is 10.0. The Labute approximate surface area is 105 Å². The van der Waals surface area contributed by atoms with Crippen LogP contribution in [0.1, 0.15) is 19.5 Å². The largest absolute Gasteiger partial charge is 0.447 e. The van der Waals surface area contributed by atoms with Gasteiger partial charge in [0.05, 0.1) is 6.04 Å². The van der Waals surface area contributed by atoms with Crippen LogP contribution in [0.15, 0.2) is 6.07 Å². The molecule has 17 heavy (non-hydrogen) atoms. The lowest BCUT2D eigenvalue weighted by Crippen LogP contribution is -2.37. The molecule has 1 saturated heterocycles. The van der Waals surface area contributed by atoms with Gasteiger partial charge < -0.3 is 4.74 Å². The van der Waals surface area contributed by atoms with Gasteiger partial charge in [-0.1, -0.05) is 13.8 Å². The van der Waals surface area contributed by atoms with Gasteiger partial charge in [-0.3, -0.25) is 4.90 Å². The summed E-state index contributed by atoms with van der Waals surface area (Å²) >= 11 is 5.80. The number of halogens is 1. The van der Waals surface area contributed by atoms with Gasteiger partial charge in [-0.25, -0.2) is 14.8 Å². The maximum Gasteiger partial charge on any atom is 0.415 e. The number of carbonyl (C=O) groups excluding carboxylic acids is 1. The molecule has 0 spiro atoms. The molecule has 0 radical (unpaired) electrons. The fourth-order valence-corrected chi connectivity index (χ4v) is 2.05. The standard InChI is InChI=1S/C11H14ClN3O2/c1-6(2)8-5-17-11(16)15(8)9-4-7(3)13-10(12)14-9/h4,6,8H,5H2,1-3H3/t8-/m1/s1. The van der Waals surface area contributed by atoms with Crippen LogP contribution in [0.5, 0.6) is 0 Å². The van der Waals surface area contributed by atoms with Gasteiger partial charge in [0.1, 0.15) is 12.4 Å². The molecule has 0 N–H and O–H groups in total. The van der Waals surface area contributed by atoms with Gasteiger partial charge >= 0.3 is 6.09 Å². The number of aromatic nitrogens is 2. The van der Waals surface area contributed by atoms with Crippen molar-refractivity contribution >= 4 is 23.5 Å². The third-order valence-electron chi connectivity index (χ3n) is 2.74. The van der Waals surface area contributed by atoms with E-state index in [1.165, 1.54) is 0 Å². The third kappa shape index (κ3) is 2.34. The van der Waals surface area contributed by atoms with Crippen LogP contribution in [0, 0.1) is 12.8 Å². The highest BCUT2D eigenvalue weighted by atomic mass is 35.5. The number of hydrogen-bond donors (Lipinski definition) is 0. The molecule has 1 fully saturated rings. The SMILES string of the molecule is Cc1cc(N2C(=O)OC[C@@H]2C(C)C)nc(Cl)n1. The predicted molar refractivity (Wildman–Crippen MR) is 64.2 cm³/mol. The minimum Gasteiger partial charge on any atom is -0.447 e. The van der Waals surface area contributed by atoms with E-state index >= 15 is 0 Å². The molecule has 2 rings (SSSR count). The van der Waals surface area contributed by atoms with Gasteiger partial charge in [-0.2, -0.15) is 0 Å². The second-order valence-corrected chi connectivity index (χ2v) is 4.73. The first-order valence-electron chi connectivity index (χ1n) is 5.46. The average Bonchev–Trinajstić information content (AvgIpc) is 2.58. The highest BCUT2D eigenvalue weighted by Crippen LogP contribution is 2.26. The quantitative estimate of drug-likeness (QED) is 0.762. The fourth-order valence-electron chi connectivity index (χ4n) is 1.83. The Hall–Kier alpha value is -1.36. The van der Waals surface area contributed by atoms with Crippen molar-refractivity contribution in [3.8, 4) is 0 Å². The average molecular weight is 256 g/mol. The Morgan fingerprint density at radius 1 is 1.53 bits per heavy atom. The number of carbonyl (C=O) groups is 1. The Kier molecular flexibility index (Phi) is 3.19. The summed E-state index contributed by atoms with van der Waals surface area (Å²) in [5, 5.41) is 0.141. The minimum atomic E-state index is -0.377. The van der Waals surface area contributed by atoms with Crippen molar-refractivity contribution in [2.75, 3.05) is 11.5 Å². The van der Waals surface area contributed by atoms with E-state index in [1.807, 2.05) is 20.8 Å². The zero-order chi connectivity index (χ0) is 12.6. The second-order valence-electron chi connectivity index (χ2n) is 4.39. The summed E-state index contributed by atoms with van der Waals surface area (Å²) in [4.78, 5) is 21.3. The van der Waals surface area contributed by atoms with Crippen molar-refractivity contribution in [1.82, 2.24) is 9.97 Å². The topological polar surface area (TPSA) is 55.3 Å². The molecule has 5 nitrogen and oxygen atoms in total. The molecule has 0 unspecified atom stereocenters. The molecule has 0 aliphatic carbocycles. The summed E-state index contributed by atoms with van der Waals surface area (Å²) < 4.78 is 5.06. The van der Waals surface area contributed by atoms with Crippen LogP contribution >= 0.6 is 11.6 Å². The van der Waals surface area contributed by atoms with Crippen LogP contribution in [0.2, 0.25) is 5.28 Å². The van der Waals surface area contributed by atoms with Crippen molar-refractivity contribution in [3.63, 3.8) is 0 Å². The number of cyclic esters (lactones) is 1. The van der Waals surface area contributed by atoms with Crippen molar-refractivity contribution in [2.24, 2.45) is 5.92 Å². The summed E-state index contributed by atoms with van der Waals surface area (Å²) in [7, 11) is 0. The van der Waals surface area contributed by atoms with Gasteiger partial charge in [0.25, 0.3) is 0 Å². The van der Waals surface area contributed by atoms with Gasteiger partial charge in [0, 0.05) is 11.8 Å². The highest BCUT2D eigenvalue weighted by molar-refractivity contribution is 6.28. The van der Waals surface area contributed by atoms with Crippen molar-refractivity contribution in [3.05, 3.63) is 17.0 Å². The minimum absolute atomic E-state index is 0.00660. The Balaban J connectivity index is 2.39. The van der Waals surface area contributed by atoms with Gasteiger partial charge in [0.15, 0.2) is 0 Å². The van der Waals surface area contributed by atoms with E-state index in [-0.39, 0.29) is 23.3 Å². The van der Waals surface area contributed by atoms with E-state index in [4.69, 9.17) is 16.3 Å². The van der Waals surface area contributed by atoms with E-state index < -0.39 is 0 Å². The smallest absolute Gasteiger partial charge is 0.415 e. The first-order valence-corrected chi connectivity index (χ1v) is 5.84. The van der Waals surface area contributed by atoms with Crippen LogP contribution < -0.4 is 4.90 Å². The van der Waals surface area contributed by atoms with E-state index in [0.29, 0.717) is 12.4 Å². The number of ether oxygens (including phenoxy) is 1. The summed E-state index contributed by atoms with van der Waals surface area (Å²) in [5.41, 5.74) is 0.724. The number of rotatable bonds is 2. The van der Waals surface area contributed by atoms with E-state index in [9.17, 15) is 4.79 Å². The summed E-state index contributed by atoms with van der Waals surface area (Å²) in [6.45, 7) is 6.27. The molecule has 92 valence electrons. The molecule has 1 aromatic heterocycles. The summed E-state index contributed by atoms with van der Waals surface area (Å²) in [6, 6.07) is 1.72. The molecule has 0 saturated carbocycles. The molecule has 1 aromatic rings. The van der Waals surface area contributed by atoms with Crippen molar-refractivity contribution in [2.45, 2.75) is 26.8 Å². The van der Waals surface area contributed by atoms with Crippen molar-refractivity contribution < 1.29 is 9.53 Å². The normalized spacial score (nSPS) is 19.9. The summed E-state index contributed by atoms with van der Waals surface area (Å²) in [6.07, 6.45) is -0.377. The summed E-state index contributed by atoms with van der Waals surface area (Å²) in [5.74, 6) is 0.791. The molecular weight excluding hydrogens is 242 g/mol. The number of anilines is 1. The van der Waals surface area contributed by atoms with Crippen molar-refractivity contribution in [1.29, 1.82) is 0 Å². The lowest BCUT2D eigenvalue weighted by molar-refractivity contribution is 0.177. The van der Waals surface area contributed by atoms with Gasteiger partial charge in [0.2, 0.25) is 5.28 Å². The highest BCUT2D eigenvalue weighted by Gasteiger charge is 2.37. The zero-order valence-electron chi connectivity index (χ0n) is 9.98. The molecule has 2 heterocycles. The molecule has 1 aliphatic heterocycles. The third-order valence-corrected chi connectivity index (χ3v) is 2.90.